The Morgan fingerprint density at radius 3 is 2.54 bits per heavy atom. The number of carbonyl (C=O) groups excluding carboxylic acids is 1. The smallest absolute Gasteiger partial charge is 0.330 e. The lowest BCUT2D eigenvalue weighted by atomic mass is 9.90. The standard InChI is InChI=1S/C22H25NO3/c1-2-21(24)25-16-8-3-4-9-17-26-22(18-23)14-12-20(13-15-22)19-10-6-5-7-11-19/h2,5-7,10-14H,1,3-4,8-9,15-17H2. The molecule has 1 aliphatic rings. The molecular weight excluding hydrogens is 326 g/mol. The van der Waals surface area contributed by atoms with Gasteiger partial charge in [0.05, 0.1) is 6.61 Å². The molecule has 0 N–H and O–H groups in total. The summed E-state index contributed by atoms with van der Waals surface area (Å²) in [6, 6.07) is 12.4. The fraction of sp³-hybridized carbons (Fsp3) is 0.364. The molecule has 0 saturated carbocycles. The minimum Gasteiger partial charge on any atom is -0.463 e. The van der Waals surface area contributed by atoms with Gasteiger partial charge in [0.15, 0.2) is 5.60 Å². The van der Waals surface area contributed by atoms with Crippen molar-refractivity contribution in [1.29, 1.82) is 5.26 Å². The molecule has 0 amide bonds. The van der Waals surface area contributed by atoms with E-state index in [9.17, 15) is 10.1 Å². The SMILES string of the molecule is C=CC(=O)OCCCCCCOC1(C#N)C=CC(c2ccccc2)=CC1. The van der Waals surface area contributed by atoms with E-state index >= 15 is 0 Å². The van der Waals surface area contributed by atoms with Gasteiger partial charge in [-0.3, -0.25) is 0 Å². The van der Waals surface area contributed by atoms with Crippen molar-refractivity contribution >= 4 is 11.5 Å². The highest BCUT2D eigenvalue weighted by Crippen LogP contribution is 2.29. The average Bonchev–Trinajstić information content (AvgIpc) is 2.70. The minimum atomic E-state index is -0.863. The predicted molar refractivity (Wildman–Crippen MR) is 102 cm³/mol. The van der Waals surface area contributed by atoms with E-state index in [0.29, 0.717) is 19.6 Å². The van der Waals surface area contributed by atoms with Gasteiger partial charge in [0.25, 0.3) is 0 Å². The molecule has 0 radical (unpaired) electrons. The van der Waals surface area contributed by atoms with Gasteiger partial charge < -0.3 is 9.47 Å². The van der Waals surface area contributed by atoms with Crippen molar-refractivity contribution < 1.29 is 14.3 Å². The summed E-state index contributed by atoms with van der Waals surface area (Å²) in [7, 11) is 0. The molecule has 0 bridgehead atoms. The number of benzene rings is 1. The van der Waals surface area contributed by atoms with E-state index in [1.165, 1.54) is 6.08 Å². The second-order valence-corrected chi connectivity index (χ2v) is 6.20. The number of nitrogens with zero attached hydrogens (tertiary/aromatic N) is 1. The molecule has 0 fully saturated rings. The molecule has 4 heteroatoms. The monoisotopic (exact) mass is 351 g/mol. The molecule has 1 atom stereocenters. The van der Waals surface area contributed by atoms with Crippen LogP contribution in [-0.4, -0.2) is 24.8 Å². The maximum Gasteiger partial charge on any atom is 0.330 e. The lowest BCUT2D eigenvalue weighted by Crippen LogP contribution is -2.29. The highest BCUT2D eigenvalue weighted by Gasteiger charge is 2.29. The molecule has 26 heavy (non-hydrogen) atoms. The summed E-state index contributed by atoms with van der Waals surface area (Å²) in [5.41, 5.74) is 1.40. The molecule has 0 aromatic heterocycles. The zero-order valence-corrected chi connectivity index (χ0v) is 15.0. The summed E-state index contributed by atoms with van der Waals surface area (Å²) in [6.45, 7) is 4.31. The predicted octanol–water partition coefficient (Wildman–Crippen LogP) is 4.60. The lowest BCUT2D eigenvalue weighted by molar-refractivity contribution is -0.137. The van der Waals surface area contributed by atoms with E-state index in [0.717, 1.165) is 36.8 Å². The number of unbranched alkanes of at least 4 members (excludes halogenated alkanes) is 3. The van der Waals surface area contributed by atoms with Gasteiger partial charge in [0, 0.05) is 19.1 Å². The van der Waals surface area contributed by atoms with E-state index in [-0.39, 0.29) is 5.97 Å². The van der Waals surface area contributed by atoms with Gasteiger partial charge in [-0.05, 0) is 36.5 Å². The fourth-order valence-corrected chi connectivity index (χ4v) is 2.73. The Hall–Kier alpha value is -2.64. The molecule has 1 aromatic rings. The molecule has 0 heterocycles. The Balaban J connectivity index is 1.68. The van der Waals surface area contributed by atoms with Gasteiger partial charge in [0.1, 0.15) is 6.07 Å². The van der Waals surface area contributed by atoms with Gasteiger partial charge in [-0.2, -0.15) is 5.26 Å². The van der Waals surface area contributed by atoms with Crippen LogP contribution in [0.25, 0.3) is 5.57 Å². The van der Waals surface area contributed by atoms with Crippen LogP contribution in [0.3, 0.4) is 0 Å². The number of ether oxygens (including phenoxy) is 2. The van der Waals surface area contributed by atoms with Crippen molar-refractivity contribution in [2.75, 3.05) is 13.2 Å². The van der Waals surface area contributed by atoms with Gasteiger partial charge in [0.2, 0.25) is 0 Å². The van der Waals surface area contributed by atoms with Crippen LogP contribution < -0.4 is 0 Å². The number of hydrogen-bond donors (Lipinski definition) is 0. The van der Waals surface area contributed by atoms with Crippen molar-refractivity contribution in [2.45, 2.75) is 37.7 Å². The summed E-state index contributed by atoms with van der Waals surface area (Å²) in [5, 5.41) is 9.53. The third kappa shape index (κ3) is 6.02. The first-order chi connectivity index (χ1) is 12.7. The molecule has 4 nitrogen and oxygen atoms in total. The molecular formula is C22H25NO3. The van der Waals surface area contributed by atoms with E-state index in [4.69, 9.17) is 9.47 Å². The number of nitriles is 1. The molecule has 0 aliphatic heterocycles. The van der Waals surface area contributed by atoms with Crippen molar-refractivity contribution in [3.05, 3.63) is 66.8 Å². The van der Waals surface area contributed by atoms with Crippen LogP contribution >= 0.6 is 0 Å². The fourth-order valence-electron chi connectivity index (χ4n) is 2.73. The quantitative estimate of drug-likeness (QED) is 0.351. The minimum absolute atomic E-state index is 0.378. The zero-order valence-electron chi connectivity index (χ0n) is 15.0. The first kappa shape index (κ1) is 19.7. The number of hydrogen-bond acceptors (Lipinski definition) is 4. The Labute approximate surface area is 155 Å². The van der Waals surface area contributed by atoms with E-state index in [2.05, 4.69) is 30.9 Å². The van der Waals surface area contributed by atoms with Crippen molar-refractivity contribution in [1.82, 2.24) is 0 Å². The van der Waals surface area contributed by atoms with E-state index < -0.39 is 5.60 Å². The molecule has 0 saturated heterocycles. The maximum absolute atomic E-state index is 10.9. The van der Waals surface area contributed by atoms with Crippen LogP contribution in [0.4, 0.5) is 0 Å². The Kier molecular flexibility index (Phi) is 7.85. The summed E-state index contributed by atoms with van der Waals surface area (Å²) in [6.07, 6.45) is 11.3. The summed E-state index contributed by atoms with van der Waals surface area (Å²) in [4.78, 5) is 10.9. The Morgan fingerprint density at radius 1 is 1.19 bits per heavy atom. The molecule has 1 unspecified atom stereocenters. The third-order valence-corrected chi connectivity index (χ3v) is 4.26. The molecule has 136 valence electrons. The average molecular weight is 351 g/mol. The van der Waals surface area contributed by atoms with Crippen LogP contribution in [0, 0.1) is 11.3 Å². The van der Waals surface area contributed by atoms with E-state index in [1.807, 2.05) is 30.4 Å². The topological polar surface area (TPSA) is 59.3 Å². The van der Waals surface area contributed by atoms with Crippen molar-refractivity contribution in [3.63, 3.8) is 0 Å². The molecule has 1 aromatic carbocycles. The van der Waals surface area contributed by atoms with Crippen LogP contribution in [0.2, 0.25) is 0 Å². The normalized spacial score (nSPS) is 18.7. The first-order valence-corrected chi connectivity index (χ1v) is 8.98. The largest absolute Gasteiger partial charge is 0.463 e. The Bertz CT molecular complexity index is 700. The van der Waals surface area contributed by atoms with Crippen molar-refractivity contribution in [3.8, 4) is 6.07 Å². The van der Waals surface area contributed by atoms with Gasteiger partial charge in [-0.25, -0.2) is 4.79 Å². The zero-order chi connectivity index (χ0) is 18.7. The van der Waals surface area contributed by atoms with Crippen LogP contribution in [0.15, 0.2) is 61.2 Å². The van der Waals surface area contributed by atoms with Crippen LogP contribution in [-0.2, 0) is 14.3 Å². The lowest BCUT2D eigenvalue weighted by Gasteiger charge is -2.25. The highest BCUT2D eigenvalue weighted by molar-refractivity contribution is 5.81. The molecule has 1 aliphatic carbocycles. The molecule has 0 spiro atoms. The maximum atomic E-state index is 10.9. The van der Waals surface area contributed by atoms with E-state index in [1.54, 1.807) is 0 Å². The first-order valence-electron chi connectivity index (χ1n) is 8.98. The number of rotatable bonds is 10. The highest BCUT2D eigenvalue weighted by atomic mass is 16.5. The summed E-state index contributed by atoms with van der Waals surface area (Å²) in [5.74, 6) is -0.378. The summed E-state index contributed by atoms with van der Waals surface area (Å²) < 4.78 is 10.8. The second kappa shape index (κ2) is 10.4. The number of esters is 1. The third-order valence-electron chi connectivity index (χ3n) is 4.26. The van der Waals surface area contributed by atoms with Crippen LogP contribution in [0.1, 0.15) is 37.7 Å². The summed E-state index contributed by atoms with van der Waals surface area (Å²) >= 11 is 0. The van der Waals surface area contributed by atoms with Crippen LogP contribution in [0.5, 0.6) is 0 Å². The number of allylic oxidation sites excluding steroid dienone is 2. The van der Waals surface area contributed by atoms with Gasteiger partial charge >= 0.3 is 5.97 Å². The van der Waals surface area contributed by atoms with Gasteiger partial charge in [-0.15, -0.1) is 0 Å². The molecule has 2 rings (SSSR count). The second-order valence-electron chi connectivity index (χ2n) is 6.20. The Morgan fingerprint density at radius 2 is 1.92 bits per heavy atom. The number of carbonyl (C=O) groups is 1. The van der Waals surface area contributed by atoms with Crippen molar-refractivity contribution in [2.24, 2.45) is 0 Å². The van der Waals surface area contributed by atoms with Gasteiger partial charge in [-0.1, -0.05) is 55.5 Å².